The summed E-state index contributed by atoms with van der Waals surface area (Å²) < 4.78 is 38.4. The number of rotatable bonds is 5. The van der Waals surface area contributed by atoms with Crippen LogP contribution in [0.2, 0.25) is 0 Å². The molecule has 1 aromatic heterocycles. The second kappa shape index (κ2) is 6.43. The molecule has 1 aromatic rings. The Balaban J connectivity index is 1.90. The molecule has 1 unspecified atom stereocenters. The van der Waals surface area contributed by atoms with Gasteiger partial charge < -0.3 is 10.2 Å². The minimum absolute atomic E-state index is 0.0757. The molecule has 1 saturated heterocycles. The molecule has 1 aliphatic heterocycles. The number of alkyl halides is 3. The third-order valence-corrected chi connectivity index (χ3v) is 3.50. The lowest BCUT2D eigenvalue weighted by molar-refractivity contribution is -0.137. The minimum atomic E-state index is -4.37. The molecule has 20 heavy (non-hydrogen) atoms. The van der Waals surface area contributed by atoms with Crippen molar-refractivity contribution in [3.8, 4) is 0 Å². The number of hydrogen-bond donors (Lipinski definition) is 1. The molecule has 1 atom stereocenters. The third kappa shape index (κ3) is 4.10. The molecule has 0 spiro atoms. The van der Waals surface area contributed by atoms with Crippen LogP contribution in [0.5, 0.6) is 0 Å². The molecule has 0 saturated carbocycles. The Morgan fingerprint density at radius 2 is 2.05 bits per heavy atom. The summed E-state index contributed by atoms with van der Waals surface area (Å²) in [5.74, 6) is 0.212. The van der Waals surface area contributed by atoms with Crippen LogP contribution in [0.15, 0.2) is 18.3 Å². The molecule has 1 N–H and O–H groups in total. The van der Waals surface area contributed by atoms with Gasteiger partial charge in [-0.25, -0.2) is 4.98 Å². The van der Waals surface area contributed by atoms with Crippen LogP contribution in [0, 0.1) is 5.92 Å². The lowest BCUT2D eigenvalue weighted by Crippen LogP contribution is -2.29. The Bertz CT molecular complexity index is 428. The van der Waals surface area contributed by atoms with Gasteiger partial charge in [0.1, 0.15) is 5.82 Å². The van der Waals surface area contributed by atoms with E-state index in [1.54, 1.807) is 0 Å². The molecule has 3 nitrogen and oxygen atoms in total. The van der Waals surface area contributed by atoms with Gasteiger partial charge in [-0.05, 0) is 44.0 Å². The first-order chi connectivity index (χ1) is 9.47. The van der Waals surface area contributed by atoms with E-state index in [-0.39, 0.29) is 11.7 Å². The summed E-state index contributed by atoms with van der Waals surface area (Å²) in [6.45, 7) is 5.66. The van der Waals surface area contributed by atoms with Crippen molar-refractivity contribution in [1.29, 1.82) is 0 Å². The van der Waals surface area contributed by atoms with Crippen LogP contribution in [0.1, 0.15) is 25.3 Å². The fourth-order valence-corrected chi connectivity index (χ4v) is 2.52. The first-order valence-corrected chi connectivity index (χ1v) is 6.95. The zero-order valence-corrected chi connectivity index (χ0v) is 11.6. The van der Waals surface area contributed by atoms with E-state index in [4.69, 9.17) is 0 Å². The van der Waals surface area contributed by atoms with Crippen LogP contribution >= 0.6 is 0 Å². The van der Waals surface area contributed by atoms with Crippen molar-refractivity contribution in [2.24, 2.45) is 5.92 Å². The van der Waals surface area contributed by atoms with Gasteiger partial charge in [0, 0.05) is 19.3 Å². The molecular weight excluding hydrogens is 267 g/mol. The highest BCUT2D eigenvalue weighted by atomic mass is 19.4. The van der Waals surface area contributed by atoms with Gasteiger partial charge in [0.2, 0.25) is 0 Å². The van der Waals surface area contributed by atoms with E-state index in [1.807, 2.05) is 6.92 Å². The predicted octanol–water partition coefficient (Wildman–Crippen LogP) is 3.24. The smallest absolute Gasteiger partial charge is 0.369 e. The Morgan fingerprint density at radius 1 is 1.35 bits per heavy atom. The van der Waals surface area contributed by atoms with Gasteiger partial charge in [-0.1, -0.05) is 6.92 Å². The second-order valence-electron chi connectivity index (χ2n) is 5.39. The highest BCUT2D eigenvalue weighted by Crippen LogP contribution is 2.33. The maximum absolute atomic E-state index is 12.8. The Hall–Kier alpha value is -1.30. The highest BCUT2D eigenvalue weighted by molar-refractivity contribution is 5.45. The molecule has 0 aromatic carbocycles. The molecule has 112 valence electrons. The first-order valence-electron chi connectivity index (χ1n) is 6.95. The largest absolute Gasteiger partial charge is 0.419 e. The van der Waals surface area contributed by atoms with Crippen molar-refractivity contribution in [3.05, 3.63) is 23.9 Å². The predicted molar refractivity (Wildman–Crippen MR) is 72.6 cm³/mol. The monoisotopic (exact) mass is 287 g/mol. The summed E-state index contributed by atoms with van der Waals surface area (Å²) in [6, 6.07) is 2.36. The summed E-state index contributed by atoms with van der Waals surface area (Å²) in [5.41, 5.74) is -0.701. The normalized spacial score (nSPS) is 18.2. The fraction of sp³-hybridized carbons (Fsp3) is 0.643. The lowest BCUT2D eigenvalue weighted by atomic mass is 10.1. The number of aromatic nitrogens is 1. The van der Waals surface area contributed by atoms with Crippen LogP contribution in [0.4, 0.5) is 19.0 Å². The Labute approximate surface area is 117 Å². The number of likely N-dealkylation sites (tertiary alicyclic amines) is 1. The molecular formula is C14H20F3N3. The maximum Gasteiger partial charge on any atom is 0.419 e. The summed E-state index contributed by atoms with van der Waals surface area (Å²) >= 11 is 0. The van der Waals surface area contributed by atoms with Gasteiger partial charge in [-0.15, -0.1) is 0 Å². The second-order valence-corrected chi connectivity index (χ2v) is 5.39. The number of nitrogens with zero attached hydrogens (tertiary/aromatic N) is 2. The Kier molecular flexibility index (Phi) is 4.86. The van der Waals surface area contributed by atoms with E-state index in [0.717, 1.165) is 25.7 Å². The van der Waals surface area contributed by atoms with Gasteiger partial charge in [-0.3, -0.25) is 0 Å². The number of nitrogens with one attached hydrogen (secondary N) is 1. The standard InChI is InChI=1S/C14H20F3N3/c1-11(10-20-7-2-3-8-20)9-19-13-12(14(15,16)17)5-4-6-18-13/h4-6,11H,2-3,7-10H2,1H3,(H,18,19). The van der Waals surface area contributed by atoms with Crippen molar-refractivity contribution in [2.75, 3.05) is 31.5 Å². The molecule has 0 aliphatic carbocycles. The van der Waals surface area contributed by atoms with Gasteiger partial charge in [0.25, 0.3) is 0 Å². The molecule has 1 fully saturated rings. The van der Waals surface area contributed by atoms with Crippen LogP contribution < -0.4 is 5.32 Å². The average molecular weight is 287 g/mol. The average Bonchev–Trinajstić information content (AvgIpc) is 2.88. The lowest BCUT2D eigenvalue weighted by Gasteiger charge is -2.21. The summed E-state index contributed by atoms with van der Waals surface area (Å²) in [5, 5.41) is 2.84. The van der Waals surface area contributed by atoms with Crippen LogP contribution in [0.25, 0.3) is 0 Å². The molecule has 6 heteroatoms. The first kappa shape index (κ1) is 15.1. The topological polar surface area (TPSA) is 28.2 Å². The molecule has 0 radical (unpaired) electrons. The van der Waals surface area contributed by atoms with E-state index in [1.165, 1.54) is 25.1 Å². The highest BCUT2D eigenvalue weighted by Gasteiger charge is 2.34. The van der Waals surface area contributed by atoms with Crippen LogP contribution in [0.3, 0.4) is 0 Å². The molecule has 1 aliphatic rings. The summed E-state index contributed by atoms with van der Waals surface area (Å²) in [6.07, 6.45) is -0.547. The SMILES string of the molecule is CC(CNc1ncccc1C(F)(F)F)CN1CCCC1. The van der Waals surface area contributed by atoms with Crippen LogP contribution in [-0.4, -0.2) is 36.1 Å². The Morgan fingerprint density at radius 3 is 2.70 bits per heavy atom. The van der Waals surface area contributed by atoms with Crippen molar-refractivity contribution >= 4 is 5.82 Å². The van der Waals surface area contributed by atoms with Gasteiger partial charge in [-0.2, -0.15) is 13.2 Å². The van der Waals surface area contributed by atoms with Gasteiger partial charge >= 0.3 is 6.18 Å². The zero-order chi connectivity index (χ0) is 14.6. The molecule has 2 heterocycles. The van der Waals surface area contributed by atoms with Gasteiger partial charge in [0.05, 0.1) is 5.56 Å². The summed E-state index contributed by atoms with van der Waals surface area (Å²) in [7, 11) is 0. The summed E-state index contributed by atoms with van der Waals surface area (Å²) in [4.78, 5) is 6.16. The maximum atomic E-state index is 12.8. The van der Waals surface area contributed by atoms with Gasteiger partial charge in [0.15, 0.2) is 0 Å². The van der Waals surface area contributed by atoms with E-state index in [0.29, 0.717) is 6.54 Å². The van der Waals surface area contributed by atoms with Crippen molar-refractivity contribution in [1.82, 2.24) is 9.88 Å². The van der Waals surface area contributed by atoms with E-state index < -0.39 is 11.7 Å². The van der Waals surface area contributed by atoms with E-state index >= 15 is 0 Å². The molecule has 0 amide bonds. The van der Waals surface area contributed by atoms with Crippen molar-refractivity contribution in [3.63, 3.8) is 0 Å². The van der Waals surface area contributed by atoms with Crippen LogP contribution in [-0.2, 0) is 6.18 Å². The molecule has 0 bridgehead atoms. The van der Waals surface area contributed by atoms with E-state index in [2.05, 4.69) is 15.2 Å². The number of anilines is 1. The number of halogens is 3. The fourth-order valence-electron chi connectivity index (χ4n) is 2.52. The quantitative estimate of drug-likeness (QED) is 0.901. The zero-order valence-electron chi connectivity index (χ0n) is 11.6. The number of pyridine rings is 1. The van der Waals surface area contributed by atoms with Crippen molar-refractivity contribution < 1.29 is 13.2 Å². The van der Waals surface area contributed by atoms with E-state index in [9.17, 15) is 13.2 Å². The number of hydrogen-bond acceptors (Lipinski definition) is 3. The minimum Gasteiger partial charge on any atom is -0.369 e. The molecule has 2 rings (SSSR count). The van der Waals surface area contributed by atoms with Crippen molar-refractivity contribution in [2.45, 2.75) is 25.9 Å². The third-order valence-electron chi connectivity index (χ3n) is 3.50.